The van der Waals surface area contributed by atoms with Gasteiger partial charge in [-0.05, 0) is 44.7 Å². The highest BCUT2D eigenvalue weighted by molar-refractivity contribution is 5.85. The minimum Gasteiger partial charge on any atom is -0.378 e. The molecule has 0 bridgehead atoms. The fourth-order valence-corrected chi connectivity index (χ4v) is 3.08. The maximum absolute atomic E-state index is 5.82. The van der Waals surface area contributed by atoms with Gasteiger partial charge in [0.1, 0.15) is 0 Å². The zero-order valence-electron chi connectivity index (χ0n) is 9.05. The Morgan fingerprint density at radius 1 is 1.14 bits per heavy atom. The molecule has 2 aliphatic rings. The third-order valence-corrected chi connectivity index (χ3v) is 3.96. The molecule has 1 aliphatic carbocycles. The van der Waals surface area contributed by atoms with Crippen LogP contribution < -0.4 is 5.32 Å². The molecule has 1 aliphatic heterocycles. The average molecular weight is 220 g/mol. The van der Waals surface area contributed by atoms with E-state index in [1.54, 1.807) is 0 Å². The van der Waals surface area contributed by atoms with Gasteiger partial charge in [-0.15, -0.1) is 12.4 Å². The molecule has 2 fully saturated rings. The summed E-state index contributed by atoms with van der Waals surface area (Å²) in [6, 6.07) is 0. The van der Waals surface area contributed by atoms with Crippen LogP contribution in [0.25, 0.3) is 0 Å². The van der Waals surface area contributed by atoms with Crippen LogP contribution >= 0.6 is 12.4 Å². The summed E-state index contributed by atoms with van der Waals surface area (Å²) in [5.41, 5.74) is 0.238. The third-order valence-electron chi connectivity index (χ3n) is 3.96. The van der Waals surface area contributed by atoms with Crippen LogP contribution in [0.1, 0.15) is 38.5 Å². The first-order valence-electron chi connectivity index (χ1n) is 5.63. The maximum Gasteiger partial charge on any atom is 0.0730 e. The van der Waals surface area contributed by atoms with Gasteiger partial charge in [-0.25, -0.2) is 0 Å². The molecule has 0 aromatic heterocycles. The van der Waals surface area contributed by atoms with E-state index < -0.39 is 0 Å². The molecule has 0 unspecified atom stereocenters. The summed E-state index contributed by atoms with van der Waals surface area (Å²) >= 11 is 0. The van der Waals surface area contributed by atoms with Crippen molar-refractivity contribution in [1.29, 1.82) is 0 Å². The smallest absolute Gasteiger partial charge is 0.0730 e. The first kappa shape index (κ1) is 12.3. The van der Waals surface area contributed by atoms with Crippen molar-refractivity contribution in [3.05, 3.63) is 0 Å². The molecule has 2 nitrogen and oxygen atoms in total. The van der Waals surface area contributed by atoms with Gasteiger partial charge in [0.2, 0.25) is 0 Å². The lowest BCUT2D eigenvalue weighted by Gasteiger charge is -2.41. The van der Waals surface area contributed by atoms with Crippen molar-refractivity contribution < 1.29 is 4.74 Å². The first-order chi connectivity index (χ1) is 6.37. The van der Waals surface area contributed by atoms with Gasteiger partial charge in [-0.1, -0.05) is 12.8 Å². The number of hydrogen-bond acceptors (Lipinski definition) is 2. The maximum atomic E-state index is 5.82. The molecule has 0 aromatic rings. The Morgan fingerprint density at radius 3 is 2.21 bits per heavy atom. The molecule has 1 N–H and O–H groups in total. The molecule has 0 amide bonds. The van der Waals surface area contributed by atoms with Crippen molar-refractivity contribution in [2.75, 3.05) is 20.2 Å². The van der Waals surface area contributed by atoms with Crippen molar-refractivity contribution in [3.8, 4) is 0 Å². The lowest BCUT2D eigenvalue weighted by atomic mass is 9.79. The van der Waals surface area contributed by atoms with Crippen LogP contribution in [0.2, 0.25) is 0 Å². The zero-order chi connectivity index (χ0) is 9.15. The molecule has 14 heavy (non-hydrogen) atoms. The van der Waals surface area contributed by atoms with Gasteiger partial charge in [0.05, 0.1) is 5.60 Å². The van der Waals surface area contributed by atoms with E-state index in [2.05, 4.69) is 5.32 Å². The van der Waals surface area contributed by atoms with Crippen molar-refractivity contribution in [2.45, 2.75) is 44.1 Å². The molecule has 0 aromatic carbocycles. The van der Waals surface area contributed by atoms with Gasteiger partial charge in [-0.2, -0.15) is 0 Å². The number of ether oxygens (including phenoxy) is 1. The topological polar surface area (TPSA) is 21.3 Å². The Balaban J connectivity index is 0.000000980. The Morgan fingerprint density at radius 2 is 1.71 bits per heavy atom. The fourth-order valence-electron chi connectivity index (χ4n) is 3.08. The lowest BCUT2D eigenvalue weighted by molar-refractivity contribution is -0.0775. The van der Waals surface area contributed by atoms with Crippen molar-refractivity contribution in [1.82, 2.24) is 5.32 Å². The van der Waals surface area contributed by atoms with E-state index in [0.717, 1.165) is 19.0 Å². The second kappa shape index (κ2) is 5.34. The van der Waals surface area contributed by atoms with Gasteiger partial charge in [0.15, 0.2) is 0 Å². The minimum atomic E-state index is 0. The number of rotatable bonds is 2. The third kappa shape index (κ3) is 2.23. The molecule has 2 rings (SSSR count). The normalized spacial score (nSPS) is 27.2. The summed E-state index contributed by atoms with van der Waals surface area (Å²) in [6.45, 7) is 2.29. The van der Waals surface area contributed by atoms with E-state index in [-0.39, 0.29) is 18.0 Å². The largest absolute Gasteiger partial charge is 0.378 e. The number of methoxy groups -OCH3 is 1. The van der Waals surface area contributed by atoms with Crippen LogP contribution in [0, 0.1) is 5.92 Å². The Bertz CT molecular complexity index is 163. The Kier molecular flexibility index (Phi) is 4.68. The average Bonchev–Trinajstić information content (AvgIpc) is 2.72. The van der Waals surface area contributed by atoms with Gasteiger partial charge in [0.25, 0.3) is 0 Å². The van der Waals surface area contributed by atoms with Crippen molar-refractivity contribution >= 4 is 12.4 Å². The van der Waals surface area contributed by atoms with E-state index >= 15 is 0 Å². The van der Waals surface area contributed by atoms with Crippen molar-refractivity contribution in [3.63, 3.8) is 0 Å². The fraction of sp³-hybridized carbons (Fsp3) is 1.00. The van der Waals surface area contributed by atoms with Crippen LogP contribution in [0.4, 0.5) is 0 Å². The predicted molar refractivity (Wildman–Crippen MR) is 61.0 cm³/mol. The minimum absolute atomic E-state index is 0. The molecule has 0 radical (unpaired) electrons. The monoisotopic (exact) mass is 219 g/mol. The summed E-state index contributed by atoms with van der Waals surface area (Å²) in [4.78, 5) is 0. The second-order valence-electron chi connectivity index (χ2n) is 4.50. The summed E-state index contributed by atoms with van der Waals surface area (Å²) in [6.07, 6.45) is 8.07. The number of halogens is 1. The highest BCUT2D eigenvalue weighted by Gasteiger charge is 2.40. The summed E-state index contributed by atoms with van der Waals surface area (Å²) in [5, 5.41) is 3.42. The van der Waals surface area contributed by atoms with Crippen LogP contribution in [0.5, 0.6) is 0 Å². The van der Waals surface area contributed by atoms with Gasteiger partial charge in [-0.3, -0.25) is 0 Å². The molecule has 3 heteroatoms. The standard InChI is InChI=1S/C11H21NO.ClH/c1-13-11(6-8-12-9-7-11)10-4-2-3-5-10;/h10,12H,2-9H2,1H3;1H. The second-order valence-corrected chi connectivity index (χ2v) is 4.50. The Hall–Kier alpha value is 0.210. The number of piperidine rings is 1. The molecule has 0 spiro atoms. The SMILES string of the molecule is COC1(C2CCCC2)CCNCC1.Cl. The zero-order valence-corrected chi connectivity index (χ0v) is 9.87. The Labute approximate surface area is 93.2 Å². The highest BCUT2D eigenvalue weighted by Crippen LogP contribution is 2.41. The molecule has 1 heterocycles. The van der Waals surface area contributed by atoms with E-state index in [1.807, 2.05) is 7.11 Å². The van der Waals surface area contributed by atoms with E-state index in [1.165, 1.54) is 38.5 Å². The van der Waals surface area contributed by atoms with E-state index in [9.17, 15) is 0 Å². The molecular formula is C11H22ClNO. The first-order valence-corrected chi connectivity index (χ1v) is 5.63. The highest BCUT2D eigenvalue weighted by atomic mass is 35.5. The number of nitrogens with one attached hydrogen (secondary N) is 1. The van der Waals surface area contributed by atoms with Crippen LogP contribution in [-0.4, -0.2) is 25.8 Å². The molecular weight excluding hydrogens is 198 g/mol. The predicted octanol–water partition coefficient (Wildman–Crippen LogP) is 2.37. The van der Waals surface area contributed by atoms with Gasteiger partial charge < -0.3 is 10.1 Å². The molecule has 84 valence electrons. The molecule has 1 saturated heterocycles. The molecule has 0 atom stereocenters. The lowest BCUT2D eigenvalue weighted by Crippen LogP contribution is -2.47. The number of hydrogen-bond donors (Lipinski definition) is 1. The molecule has 1 saturated carbocycles. The van der Waals surface area contributed by atoms with E-state index in [4.69, 9.17) is 4.74 Å². The van der Waals surface area contributed by atoms with Gasteiger partial charge in [0, 0.05) is 7.11 Å². The van der Waals surface area contributed by atoms with E-state index in [0.29, 0.717) is 0 Å². The van der Waals surface area contributed by atoms with Crippen LogP contribution in [-0.2, 0) is 4.74 Å². The van der Waals surface area contributed by atoms with Crippen LogP contribution in [0.15, 0.2) is 0 Å². The summed E-state index contributed by atoms with van der Waals surface area (Å²) in [7, 11) is 1.91. The quantitative estimate of drug-likeness (QED) is 0.770. The van der Waals surface area contributed by atoms with Crippen molar-refractivity contribution in [2.24, 2.45) is 5.92 Å². The summed E-state index contributed by atoms with van der Waals surface area (Å²) in [5.74, 6) is 0.847. The summed E-state index contributed by atoms with van der Waals surface area (Å²) < 4.78 is 5.82. The van der Waals surface area contributed by atoms with Crippen LogP contribution in [0.3, 0.4) is 0 Å². The van der Waals surface area contributed by atoms with Gasteiger partial charge >= 0.3 is 0 Å².